The van der Waals surface area contributed by atoms with E-state index in [1.54, 1.807) is 25.2 Å². The highest BCUT2D eigenvalue weighted by Gasteiger charge is 2.50. The summed E-state index contributed by atoms with van der Waals surface area (Å²) in [5, 5.41) is 19.9. The van der Waals surface area contributed by atoms with Gasteiger partial charge < -0.3 is 5.11 Å². The second-order valence-electron chi connectivity index (χ2n) is 8.29. The summed E-state index contributed by atoms with van der Waals surface area (Å²) in [6.45, 7) is 3.53. The number of aromatic nitrogens is 2. The minimum atomic E-state index is -2.21. The largest absolute Gasteiger partial charge is 0.383 e. The molecule has 0 aliphatic carbocycles. The maximum absolute atomic E-state index is 10.4. The molecule has 33 heavy (non-hydrogen) atoms. The monoisotopic (exact) mass is 487 g/mol. The molecule has 0 radical (unpaired) electrons. The van der Waals surface area contributed by atoms with Gasteiger partial charge in [-0.05, 0) is 50.2 Å². The third kappa shape index (κ3) is 4.07. The lowest BCUT2D eigenvalue weighted by atomic mass is 10.2. The Morgan fingerprint density at radius 3 is 1.58 bits per heavy atom. The van der Waals surface area contributed by atoms with Gasteiger partial charge in [0.05, 0.1) is 5.38 Å². The van der Waals surface area contributed by atoms with E-state index in [0.29, 0.717) is 5.01 Å². The first-order valence-corrected chi connectivity index (χ1v) is 14.2. The van der Waals surface area contributed by atoms with Crippen molar-refractivity contribution in [1.29, 1.82) is 0 Å². The Hall–Kier alpha value is -2.69. The second kappa shape index (κ2) is 8.92. The van der Waals surface area contributed by atoms with Crippen LogP contribution in [0, 0.1) is 0 Å². The van der Waals surface area contributed by atoms with Crippen LogP contribution in [-0.4, -0.2) is 15.1 Å². The maximum atomic E-state index is 10.4. The molecule has 0 unspecified atom stereocenters. The molecule has 0 fully saturated rings. The summed E-state index contributed by atoms with van der Waals surface area (Å²) in [7, 11) is -2.21. The van der Waals surface area contributed by atoms with Crippen LogP contribution in [0.5, 0.6) is 0 Å². The van der Waals surface area contributed by atoms with Gasteiger partial charge in [-0.2, -0.15) is 4.98 Å². The molecule has 0 aliphatic heterocycles. The van der Waals surface area contributed by atoms with Gasteiger partial charge in [0.1, 0.15) is 37.2 Å². The molecule has 5 aromatic rings. The first-order chi connectivity index (χ1) is 16.0. The van der Waals surface area contributed by atoms with Gasteiger partial charge in [-0.15, -0.1) is 22.7 Å². The summed E-state index contributed by atoms with van der Waals surface area (Å²) in [6, 6.07) is 32.2. The fourth-order valence-corrected chi connectivity index (χ4v) is 10.2. The summed E-state index contributed by atoms with van der Waals surface area (Å²) in [6.07, 6.45) is 0. The number of hydrogen-bond donors (Lipinski definition) is 1. The number of nitrogens with zero attached hydrogens (tertiary/aromatic N) is 2. The van der Waals surface area contributed by atoms with E-state index >= 15 is 0 Å². The summed E-state index contributed by atoms with van der Waals surface area (Å²) >= 11 is 3.09. The van der Waals surface area contributed by atoms with Gasteiger partial charge >= 0.3 is 0 Å². The predicted molar refractivity (Wildman–Crippen MR) is 143 cm³/mol. The van der Waals surface area contributed by atoms with Gasteiger partial charge in [0, 0.05) is 5.38 Å². The molecule has 2 heterocycles. The van der Waals surface area contributed by atoms with E-state index in [1.807, 2.05) is 5.38 Å². The molecule has 0 aliphatic rings. The molecule has 2 aromatic heterocycles. The van der Waals surface area contributed by atoms with Crippen LogP contribution < -0.4 is 21.3 Å². The molecule has 0 bridgehead atoms. The zero-order valence-corrected chi connectivity index (χ0v) is 20.9. The van der Waals surface area contributed by atoms with E-state index in [1.165, 1.54) is 27.3 Å². The van der Waals surface area contributed by atoms with E-state index in [4.69, 9.17) is 9.97 Å². The Bertz CT molecular complexity index is 1250. The lowest BCUT2D eigenvalue weighted by Crippen LogP contribution is -2.39. The van der Waals surface area contributed by atoms with Crippen molar-refractivity contribution >= 4 is 51.3 Å². The van der Waals surface area contributed by atoms with Gasteiger partial charge in [-0.3, -0.25) is 0 Å². The van der Waals surface area contributed by atoms with Gasteiger partial charge in [0.15, 0.2) is 7.26 Å². The fraction of sp³-hybridized carbons (Fsp3) is 0.111. The standard InChI is InChI=1S/C27H24N2OPS2/c1-27(2,30)26-28-23(18-33-26)25-29-24(19-32-25)31(20-12-6-3-7-13-20,21-14-8-4-9-15-21)22-16-10-5-11-17-22/h3-19,30H,1-2H3/q+1. The first kappa shape index (κ1) is 22.1. The van der Waals surface area contributed by atoms with Crippen molar-refractivity contribution in [1.82, 2.24) is 9.97 Å². The minimum Gasteiger partial charge on any atom is -0.383 e. The molecule has 1 N–H and O–H groups in total. The Labute approximate surface area is 202 Å². The summed E-state index contributed by atoms with van der Waals surface area (Å²) < 4.78 is 0. The van der Waals surface area contributed by atoms with Crippen molar-refractivity contribution in [3.8, 4) is 10.7 Å². The third-order valence-corrected chi connectivity index (χ3v) is 11.8. The quantitative estimate of drug-likeness (QED) is 0.339. The molecule has 6 heteroatoms. The third-order valence-electron chi connectivity index (χ3n) is 5.51. The van der Waals surface area contributed by atoms with Gasteiger partial charge in [0.2, 0.25) is 5.44 Å². The smallest absolute Gasteiger partial charge is 0.209 e. The van der Waals surface area contributed by atoms with E-state index in [2.05, 4.69) is 96.4 Å². The highest BCUT2D eigenvalue weighted by atomic mass is 32.1. The van der Waals surface area contributed by atoms with Crippen molar-refractivity contribution in [2.45, 2.75) is 19.4 Å². The van der Waals surface area contributed by atoms with E-state index in [-0.39, 0.29) is 0 Å². The Morgan fingerprint density at radius 1 is 0.667 bits per heavy atom. The normalized spacial score (nSPS) is 12.1. The molecule has 0 spiro atoms. The zero-order chi connectivity index (χ0) is 22.9. The number of rotatable bonds is 6. The topological polar surface area (TPSA) is 46.0 Å². The van der Waals surface area contributed by atoms with Gasteiger partial charge in [0.25, 0.3) is 0 Å². The van der Waals surface area contributed by atoms with Crippen LogP contribution in [-0.2, 0) is 5.60 Å². The zero-order valence-electron chi connectivity index (χ0n) is 18.4. The first-order valence-electron chi connectivity index (χ1n) is 10.7. The number of hydrogen-bond acceptors (Lipinski definition) is 5. The van der Waals surface area contributed by atoms with Gasteiger partial charge in [-0.1, -0.05) is 54.6 Å². The van der Waals surface area contributed by atoms with Crippen LogP contribution >= 0.6 is 29.9 Å². The van der Waals surface area contributed by atoms with E-state index in [9.17, 15) is 5.11 Å². The van der Waals surface area contributed by atoms with Crippen LogP contribution in [0.4, 0.5) is 0 Å². The van der Waals surface area contributed by atoms with Crippen LogP contribution in [0.25, 0.3) is 10.7 Å². The second-order valence-corrected chi connectivity index (χ2v) is 13.4. The summed E-state index contributed by atoms with van der Waals surface area (Å²) in [5.41, 5.74) is 0.933. The molecule has 0 saturated heterocycles. The summed E-state index contributed by atoms with van der Waals surface area (Å²) in [5.74, 6) is 0. The van der Waals surface area contributed by atoms with Crippen LogP contribution in [0.1, 0.15) is 18.9 Å². The molecular formula is C27H24N2OPS2+. The van der Waals surface area contributed by atoms with Crippen LogP contribution in [0.2, 0.25) is 0 Å². The lowest BCUT2D eigenvalue weighted by Gasteiger charge is -2.25. The highest BCUT2D eigenvalue weighted by Crippen LogP contribution is 2.54. The Balaban J connectivity index is 1.75. The van der Waals surface area contributed by atoms with Crippen molar-refractivity contribution in [2.75, 3.05) is 0 Å². The molecule has 0 amide bonds. The number of aliphatic hydroxyl groups is 1. The molecule has 0 atom stereocenters. The van der Waals surface area contributed by atoms with Crippen molar-refractivity contribution < 1.29 is 5.11 Å². The molecular weight excluding hydrogens is 463 g/mol. The summed E-state index contributed by atoms with van der Waals surface area (Å²) in [4.78, 5) is 9.90. The molecule has 3 nitrogen and oxygen atoms in total. The van der Waals surface area contributed by atoms with Crippen molar-refractivity contribution in [3.63, 3.8) is 0 Å². The SMILES string of the molecule is CC(C)(O)c1nc(-c2nc([P+](c3ccccc3)(c3ccccc3)c3ccccc3)cs2)cs1. The number of benzene rings is 3. The minimum absolute atomic E-state index is 0.699. The highest BCUT2D eigenvalue weighted by molar-refractivity contribution is 8.01. The molecule has 0 saturated carbocycles. The molecule has 164 valence electrons. The average Bonchev–Trinajstić information content (AvgIpc) is 3.52. The van der Waals surface area contributed by atoms with Crippen molar-refractivity contribution in [2.24, 2.45) is 0 Å². The van der Waals surface area contributed by atoms with Crippen LogP contribution in [0.3, 0.4) is 0 Å². The Kier molecular flexibility index (Phi) is 5.98. The Morgan fingerprint density at radius 2 is 1.15 bits per heavy atom. The van der Waals surface area contributed by atoms with E-state index < -0.39 is 12.9 Å². The molecule has 5 rings (SSSR count). The van der Waals surface area contributed by atoms with Crippen molar-refractivity contribution in [3.05, 3.63) is 107 Å². The predicted octanol–water partition coefficient (Wildman–Crippen LogP) is 5.11. The lowest BCUT2D eigenvalue weighted by molar-refractivity contribution is 0.0783. The van der Waals surface area contributed by atoms with Crippen LogP contribution in [0.15, 0.2) is 102 Å². The maximum Gasteiger partial charge on any atom is 0.209 e. The molecule has 3 aromatic carbocycles. The van der Waals surface area contributed by atoms with Gasteiger partial charge in [-0.25, -0.2) is 4.98 Å². The fourth-order valence-electron chi connectivity index (χ4n) is 3.99. The number of thiazole rings is 2. The average molecular weight is 488 g/mol. The van der Waals surface area contributed by atoms with E-state index in [0.717, 1.165) is 16.1 Å².